The van der Waals surface area contributed by atoms with Gasteiger partial charge in [0.2, 0.25) is 6.79 Å². The molecule has 0 saturated heterocycles. The number of aromatic carboxylic acids is 1. The molecular weight excluding hydrogens is 306 g/mol. The lowest BCUT2D eigenvalue weighted by Gasteiger charge is -2.07. The van der Waals surface area contributed by atoms with Crippen LogP contribution < -0.4 is 9.47 Å². The summed E-state index contributed by atoms with van der Waals surface area (Å²) >= 11 is 0. The first-order valence-electron chi connectivity index (χ1n) is 6.85. The van der Waals surface area contributed by atoms with Crippen molar-refractivity contribution in [2.75, 3.05) is 6.79 Å². The topological polar surface area (TPSA) is 124 Å². The van der Waals surface area contributed by atoms with Gasteiger partial charge in [0.15, 0.2) is 17.2 Å². The van der Waals surface area contributed by atoms with Crippen molar-refractivity contribution < 1.29 is 29.3 Å². The zero-order valence-corrected chi connectivity index (χ0v) is 11.9. The highest BCUT2D eigenvalue weighted by atomic mass is 16.7. The summed E-state index contributed by atoms with van der Waals surface area (Å²) < 4.78 is 11.9. The van der Waals surface area contributed by atoms with E-state index in [0.29, 0.717) is 29.2 Å². The van der Waals surface area contributed by atoms with Gasteiger partial charge in [0.05, 0.1) is 0 Å². The van der Waals surface area contributed by atoms with Crippen molar-refractivity contribution in [1.82, 2.24) is 15.0 Å². The van der Waals surface area contributed by atoms with Crippen LogP contribution in [0.4, 0.5) is 0 Å². The molecule has 0 bridgehead atoms. The normalized spacial score (nSPS) is 12.3. The number of fused-ring (bicyclic) bond motifs is 1. The van der Waals surface area contributed by atoms with E-state index in [4.69, 9.17) is 14.6 Å². The molecule has 0 aliphatic carbocycles. The number of aryl methyl sites for hydroxylation is 1. The maximum Gasteiger partial charge on any atom is 0.358 e. The van der Waals surface area contributed by atoms with Crippen LogP contribution in [0.15, 0.2) is 18.2 Å². The highest BCUT2D eigenvalue weighted by molar-refractivity contribution is 5.92. The van der Waals surface area contributed by atoms with E-state index in [0.717, 1.165) is 0 Å². The largest absolute Gasteiger partial charge is 0.481 e. The molecule has 1 aromatic carbocycles. The van der Waals surface area contributed by atoms with Gasteiger partial charge in [-0.05, 0) is 24.6 Å². The van der Waals surface area contributed by atoms with Crippen LogP contribution in [-0.2, 0) is 11.3 Å². The Morgan fingerprint density at radius 3 is 2.74 bits per heavy atom. The first-order chi connectivity index (χ1) is 11.1. The zero-order valence-electron chi connectivity index (χ0n) is 11.9. The third-order valence-electron chi connectivity index (χ3n) is 3.34. The Bertz CT molecular complexity index is 770. The quantitative estimate of drug-likeness (QED) is 0.815. The average Bonchev–Trinajstić information content (AvgIpc) is 3.11. The molecule has 9 nitrogen and oxygen atoms in total. The number of aromatic nitrogens is 3. The van der Waals surface area contributed by atoms with Crippen LogP contribution in [-0.4, -0.2) is 43.9 Å². The molecule has 9 heteroatoms. The van der Waals surface area contributed by atoms with E-state index < -0.39 is 11.9 Å². The van der Waals surface area contributed by atoms with E-state index in [9.17, 15) is 14.7 Å². The first-order valence-corrected chi connectivity index (χ1v) is 6.85. The van der Waals surface area contributed by atoms with Crippen molar-refractivity contribution in [3.05, 3.63) is 23.9 Å². The molecule has 2 heterocycles. The van der Waals surface area contributed by atoms with Crippen LogP contribution in [0.1, 0.15) is 23.3 Å². The molecule has 2 aromatic rings. The molecule has 1 aliphatic rings. The van der Waals surface area contributed by atoms with E-state index in [-0.39, 0.29) is 25.5 Å². The van der Waals surface area contributed by atoms with Gasteiger partial charge >= 0.3 is 11.9 Å². The number of nitrogens with zero attached hydrogens (tertiary/aromatic N) is 3. The Hall–Kier alpha value is -3.10. The monoisotopic (exact) mass is 319 g/mol. The number of ether oxygens (including phenoxy) is 2. The number of aliphatic carboxylic acids is 1. The van der Waals surface area contributed by atoms with Gasteiger partial charge in [-0.1, -0.05) is 5.21 Å². The highest BCUT2D eigenvalue weighted by Gasteiger charge is 2.23. The fourth-order valence-corrected chi connectivity index (χ4v) is 2.32. The van der Waals surface area contributed by atoms with Gasteiger partial charge in [0.25, 0.3) is 0 Å². The summed E-state index contributed by atoms with van der Waals surface area (Å²) in [6, 6.07) is 5.02. The molecule has 0 atom stereocenters. The maximum absolute atomic E-state index is 11.4. The SMILES string of the molecule is O=C(O)CCCn1nnc(C(=O)O)c1-c1ccc2c(c1)OCO2. The van der Waals surface area contributed by atoms with Crippen molar-refractivity contribution in [1.29, 1.82) is 0 Å². The van der Waals surface area contributed by atoms with E-state index in [1.54, 1.807) is 18.2 Å². The lowest BCUT2D eigenvalue weighted by atomic mass is 10.1. The molecule has 1 aliphatic heterocycles. The molecule has 23 heavy (non-hydrogen) atoms. The molecule has 0 fully saturated rings. The first kappa shape index (κ1) is 14.8. The zero-order chi connectivity index (χ0) is 16.4. The Morgan fingerprint density at radius 2 is 2.00 bits per heavy atom. The van der Waals surface area contributed by atoms with E-state index >= 15 is 0 Å². The lowest BCUT2D eigenvalue weighted by molar-refractivity contribution is -0.137. The number of hydrogen-bond acceptors (Lipinski definition) is 6. The molecule has 1 aromatic heterocycles. The third-order valence-corrected chi connectivity index (χ3v) is 3.34. The van der Waals surface area contributed by atoms with Gasteiger partial charge in [-0.25, -0.2) is 9.48 Å². The van der Waals surface area contributed by atoms with Crippen LogP contribution in [0, 0.1) is 0 Å². The van der Waals surface area contributed by atoms with Crippen LogP contribution >= 0.6 is 0 Å². The molecule has 3 rings (SSSR count). The van der Waals surface area contributed by atoms with Crippen molar-refractivity contribution in [3.8, 4) is 22.8 Å². The van der Waals surface area contributed by atoms with Crippen molar-refractivity contribution >= 4 is 11.9 Å². The highest BCUT2D eigenvalue weighted by Crippen LogP contribution is 2.36. The van der Waals surface area contributed by atoms with Gasteiger partial charge < -0.3 is 19.7 Å². The van der Waals surface area contributed by atoms with Crippen molar-refractivity contribution in [2.24, 2.45) is 0 Å². The minimum absolute atomic E-state index is 0.0388. The summed E-state index contributed by atoms with van der Waals surface area (Å²) in [5.41, 5.74) is 0.673. The number of carbonyl (C=O) groups is 2. The summed E-state index contributed by atoms with van der Waals surface area (Å²) in [7, 11) is 0. The Balaban J connectivity index is 1.96. The van der Waals surface area contributed by atoms with Crippen LogP contribution in [0.2, 0.25) is 0 Å². The molecule has 0 amide bonds. The van der Waals surface area contributed by atoms with Gasteiger partial charge in [0.1, 0.15) is 5.69 Å². The minimum atomic E-state index is -1.21. The van der Waals surface area contributed by atoms with Gasteiger partial charge in [0, 0.05) is 18.5 Å². The summed E-state index contributed by atoms with van der Waals surface area (Å²) in [6.07, 6.45) is 0.276. The summed E-state index contributed by atoms with van der Waals surface area (Å²) in [4.78, 5) is 22.0. The molecule has 2 N–H and O–H groups in total. The average molecular weight is 319 g/mol. The van der Waals surface area contributed by atoms with Crippen LogP contribution in [0.3, 0.4) is 0 Å². The predicted molar refractivity (Wildman–Crippen MR) is 75.4 cm³/mol. The summed E-state index contributed by atoms with van der Waals surface area (Å²) in [6.45, 7) is 0.358. The number of carboxylic acid groups (broad SMARTS) is 2. The predicted octanol–water partition coefficient (Wildman–Crippen LogP) is 1.24. The molecule has 0 radical (unpaired) electrons. The van der Waals surface area contributed by atoms with E-state index in [1.807, 2.05) is 0 Å². The van der Waals surface area contributed by atoms with Gasteiger partial charge in [-0.3, -0.25) is 4.79 Å². The second kappa shape index (κ2) is 5.95. The van der Waals surface area contributed by atoms with Crippen LogP contribution in [0.5, 0.6) is 11.5 Å². The minimum Gasteiger partial charge on any atom is -0.481 e. The lowest BCUT2D eigenvalue weighted by Crippen LogP contribution is -2.07. The van der Waals surface area contributed by atoms with Crippen LogP contribution in [0.25, 0.3) is 11.3 Å². The Kier molecular flexibility index (Phi) is 3.83. The number of hydrogen-bond donors (Lipinski definition) is 2. The fourth-order valence-electron chi connectivity index (χ4n) is 2.32. The molecular formula is C14H13N3O6. The third kappa shape index (κ3) is 2.93. The summed E-state index contributed by atoms with van der Waals surface area (Å²) in [5.74, 6) is -1.04. The number of benzene rings is 1. The summed E-state index contributed by atoms with van der Waals surface area (Å²) in [5, 5.41) is 25.5. The van der Waals surface area contributed by atoms with Crippen molar-refractivity contribution in [3.63, 3.8) is 0 Å². The second-order valence-corrected chi connectivity index (χ2v) is 4.88. The van der Waals surface area contributed by atoms with Crippen molar-refractivity contribution in [2.45, 2.75) is 19.4 Å². The van der Waals surface area contributed by atoms with Gasteiger partial charge in [-0.2, -0.15) is 0 Å². The number of carboxylic acids is 2. The Morgan fingerprint density at radius 1 is 1.22 bits per heavy atom. The van der Waals surface area contributed by atoms with Gasteiger partial charge in [-0.15, -0.1) is 5.10 Å². The molecule has 0 spiro atoms. The molecule has 0 saturated carbocycles. The second-order valence-electron chi connectivity index (χ2n) is 4.88. The van der Waals surface area contributed by atoms with E-state index in [1.165, 1.54) is 4.68 Å². The number of rotatable bonds is 6. The molecule has 120 valence electrons. The maximum atomic E-state index is 11.4. The fraction of sp³-hybridized carbons (Fsp3) is 0.286. The smallest absolute Gasteiger partial charge is 0.358 e. The molecule has 0 unspecified atom stereocenters. The van der Waals surface area contributed by atoms with E-state index in [2.05, 4.69) is 10.3 Å². The Labute approximate surface area is 130 Å². The standard InChI is InChI=1S/C14H13N3O6/c18-11(19)2-1-5-17-13(12(14(20)21)15-16-17)8-3-4-9-10(6-8)23-7-22-9/h3-4,6H,1-2,5,7H2,(H,18,19)(H,20,21).